The molecule has 3 heterocycles. The Kier molecular flexibility index (Phi) is 11.7. The van der Waals surface area contributed by atoms with Gasteiger partial charge in [-0.1, -0.05) is 0 Å². The van der Waals surface area contributed by atoms with Crippen molar-refractivity contribution in [2.45, 2.75) is 135 Å². The van der Waals surface area contributed by atoms with E-state index in [4.69, 9.17) is 9.47 Å². The van der Waals surface area contributed by atoms with E-state index < -0.39 is 73.8 Å². The molecule has 2 aliphatic carbocycles. The normalized spacial score (nSPS) is 45.9. The quantitative estimate of drug-likeness (QED) is 0.228. The third kappa shape index (κ3) is 7.47. The molecule has 0 bridgehead atoms. The summed E-state index contributed by atoms with van der Waals surface area (Å²) in [6.45, 7) is 6.84. The molecule has 0 aromatic rings. The van der Waals surface area contributed by atoms with Crippen molar-refractivity contribution >= 4 is 21.6 Å². The van der Waals surface area contributed by atoms with Crippen LogP contribution in [0, 0.1) is 5.92 Å². The summed E-state index contributed by atoms with van der Waals surface area (Å²) in [4.78, 5) is 2.24. The van der Waals surface area contributed by atoms with Crippen LogP contribution in [0.4, 0.5) is 22.0 Å². The van der Waals surface area contributed by atoms with Crippen molar-refractivity contribution in [3.63, 3.8) is 0 Å². The maximum Gasteiger partial charge on any atom is 0.158 e. The molecule has 0 aromatic carbocycles. The van der Waals surface area contributed by atoms with E-state index >= 15 is 4.39 Å². The van der Waals surface area contributed by atoms with Gasteiger partial charge in [0.05, 0.1) is 41.7 Å². The lowest BCUT2D eigenvalue weighted by molar-refractivity contribution is -0.0829. The molecule has 2 saturated carbocycles. The molecule has 45 heavy (non-hydrogen) atoms. The number of nitrogens with zero attached hydrogens (tertiary/aromatic N) is 1. The predicted molar refractivity (Wildman–Crippen MR) is 163 cm³/mol. The summed E-state index contributed by atoms with van der Waals surface area (Å²) >= 11 is 1.34. The number of thioether (sulfide) groups is 1. The molecular formula is C28H49F5N6O4S2. The average molecular weight is 693 g/mol. The van der Waals surface area contributed by atoms with Crippen molar-refractivity contribution in [2.75, 3.05) is 33.4 Å². The van der Waals surface area contributed by atoms with E-state index in [0.29, 0.717) is 26.3 Å². The van der Waals surface area contributed by atoms with E-state index in [1.807, 2.05) is 0 Å². The van der Waals surface area contributed by atoms with E-state index in [1.165, 1.54) is 11.8 Å². The average Bonchev–Trinajstić information content (AvgIpc) is 3.41. The number of nitrogens with one attached hydrogen (secondary N) is 5. The van der Waals surface area contributed by atoms with Gasteiger partial charge in [0.25, 0.3) is 0 Å². The zero-order valence-corrected chi connectivity index (χ0v) is 27.9. The minimum atomic E-state index is -4.38. The van der Waals surface area contributed by atoms with Gasteiger partial charge in [-0.15, -0.1) is 11.8 Å². The number of rotatable bonds is 9. The van der Waals surface area contributed by atoms with Crippen molar-refractivity contribution < 1.29 is 39.8 Å². The van der Waals surface area contributed by atoms with Crippen LogP contribution < -0.4 is 26.8 Å². The number of halogens is 5. The van der Waals surface area contributed by atoms with Crippen LogP contribution in [-0.4, -0.2) is 129 Å². The number of ether oxygens (including phenoxy) is 2. The van der Waals surface area contributed by atoms with Gasteiger partial charge in [0, 0.05) is 43.8 Å². The van der Waals surface area contributed by atoms with Crippen molar-refractivity contribution in [3.05, 3.63) is 0 Å². The van der Waals surface area contributed by atoms with Gasteiger partial charge in [-0.25, -0.2) is 35.8 Å². The number of hydrogen-bond acceptors (Lipinski definition) is 11. The standard InChI is InChI=1S/C28H49F5N6O4S2/c1-14-11-20(38-37-14)34-25-24(42-4)26(39-7-9-43-10-8-39)36-27(35-25)44-19-6-5-15(12-16(19)29)45(40,41)28(2,3)21-22(32)17(30)13-18(31)23(21)33/h14-27,34-38H,5-13H2,1-4H3. The minimum Gasteiger partial charge on any atom is -0.379 e. The van der Waals surface area contributed by atoms with Crippen molar-refractivity contribution in [3.8, 4) is 0 Å². The lowest BCUT2D eigenvalue weighted by Gasteiger charge is -2.49. The number of methoxy groups -OCH3 is 1. The Morgan fingerprint density at radius 3 is 2.18 bits per heavy atom. The van der Waals surface area contributed by atoms with E-state index in [0.717, 1.165) is 20.3 Å². The molecule has 13 unspecified atom stereocenters. The number of sulfone groups is 1. The Bertz CT molecular complexity index is 1080. The third-order valence-electron chi connectivity index (χ3n) is 10.3. The van der Waals surface area contributed by atoms with Gasteiger partial charge in [0.1, 0.15) is 42.5 Å². The van der Waals surface area contributed by atoms with Gasteiger partial charge in [-0.05, 0) is 46.5 Å². The first-order valence-electron chi connectivity index (χ1n) is 16.0. The van der Waals surface area contributed by atoms with Crippen LogP contribution in [-0.2, 0) is 19.3 Å². The lowest BCUT2D eigenvalue weighted by atomic mass is 9.76. The molecule has 3 saturated heterocycles. The lowest BCUT2D eigenvalue weighted by Crippen LogP contribution is -2.75. The fourth-order valence-electron chi connectivity index (χ4n) is 7.58. The minimum absolute atomic E-state index is 0.0282. The van der Waals surface area contributed by atoms with Crippen molar-refractivity contribution in [1.82, 2.24) is 31.7 Å². The van der Waals surface area contributed by atoms with Crippen LogP contribution in [0.1, 0.15) is 52.9 Å². The summed E-state index contributed by atoms with van der Waals surface area (Å²) in [5.74, 6) is -2.02. The maximum atomic E-state index is 15.9. The summed E-state index contributed by atoms with van der Waals surface area (Å²) in [6.07, 6.45) is -12.1. The molecule has 3 aliphatic heterocycles. The molecule has 5 fully saturated rings. The first kappa shape index (κ1) is 35.9. The van der Waals surface area contributed by atoms with Crippen LogP contribution in [0.5, 0.6) is 0 Å². The van der Waals surface area contributed by atoms with Gasteiger partial charge in [0.15, 0.2) is 9.84 Å². The molecule has 10 nitrogen and oxygen atoms in total. The van der Waals surface area contributed by atoms with Crippen LogP contribution in [0.15, 0.2) is 0 Å². The Balaban J connectivity index is 1.27. The van der Waals surface area contributed by atoms with Gasteiger partial charge in [0.2, 0.25) is 0 Å². The highest BCUT2D eigenvalue weighted by molar-refractivity contribution is 8.00. The first-order chi connectivity index (χ1) is 21.2. The summed E-state index contributed by atoms with van der Waals surface area (Å²) < 4.78 is 111. The second-order valence-corrected chi connectivity index (χ2v) is 17.7. The maximum absolute atomic E-state index is 15.9. The molecule has 262 valence electrons. The Morgan fingerprint density at radius 1 is 0.933 bits per heavy atom. The zero-order valence-electron chi connectivity index (χ0n) is 26.2. The van der Waals surface area contributed by atoms with Crippen molar-refractivity contribution in [1.29, 1.82) is 0 Å². The zero-order chi connectivity index (χ0) is 32.7. The van der Waals surface area contributed by atoms with Gasteiger partial charge in [-0.3, -0.25) is 26.3 Å². The molecule has 5 N–H and O–H groups in total. The molecule has 0 radical (unpaired) electrons. The SMILES string of the molecule is COC1C(NC2CC(C)NN2)NC(SC2CCC(S(=O)(=O)C(C)(C)C3C(F)C(F)CC(F)C3F)CC2F)NC1N1CCOCC1. The Labute approximate surface area is 267 Å². The van der Waals surface area contributed by atoms with Gasteiger partial charge in [-0.2, -0.15) is 0 Å². The second kappa shape index (κ2) is 14.6. The molecule has 13 atom stereocenters. The number of alkyl halides is 5. The van der Waals surface area contributed by atoms with E-state index in [-0.39, 0.29) is 49.9 Å². The Hall–Kier alpha value is -0.370. The van der Waals surface area contributed by atoms with Gasteiger partial charge >= 0.3 is 0 Å². The van der Waals surface area contributed by atoms with E-state index in [1.54, 1.807) is 7.11 Å². The second-order valence-electron chi connectivity index (χ2n) is 13.6. The van der Waals surface area contributed by atoms with Crippen LogP contribution in [0.3, 0.4) is 0 Å². The van der Waals surface area contributed by atoms with Crippen LogP contribution in [0.25, 0.3) is 0 Å². The Morgan fingerprint density at radius 2 is 1.60 bits per heavy atom. The number of morpholine rings is 1. The van der Waals surface area contributed by atoms with Crippen molar-refractivity contribution in [2.24, 2.45) is 5.92 Å². The molecule has 17 heteroatoms. The molecule has 5 aliphatic rings. The predicted octanol–water partition coefficient (Wildman–Crippen LogP) is 1.82. The topological polar surface area (TPSA) is 116 Å². The largest absolute Gasteiger partial charge is 0.379 e. The number of hydrogen-bond donors (Lipinski definition) is 5. The summed E-state index contributed by atoms with van der Waals surface area (Å²) in [5.41, 5.74) is 6.03. The molecule has 0 aromatic heterocycles. The molecule has 0 spiro atoms. The van der Waals surface area contributed by atoms with Gasteiger partial charge < -0.3 is 9.47 Å². The first-order valence-corrected chi connectivity index (χ1v) is 18.5. The number of hydrazine groups is 1. The highest BCUT2D eigenvalue weighted by Crippen LogP contribution is 2.47. The fraction of sp³-hybridized carbons (Fsp3) is 1.00. The highest BCUT2D eigenvalue weighted by Gasteiger charge is 2.59. The summed E-state index contributed by atoms with van der Waals surface area (Å²) in [5, 5.41) is 8.86. The highest BCUT2D eigenvalue weighted by atomic mass is 32.2. The molecule has 5 rings (SSSR count). The van der Waals surface area contributed by atoms with Crippen LogP contribution >= 0.6 is 11.8 Å². The smallest absolute Gasteiger partial charge is 0.158 e. The van der Waals surface area contributed by atoms with E-state index in [2.05, 4.69) is 38.6 Å². The molecule has 0 amide bonds. The van der Waals surface area contributed by atoms with Crippen LogP contribution in [0.2, 0.25) is 0 Å². The fourth-order valence-corrected chi connectivity index (χ4v) is 11.3. The van der Waals surface area contributed by atoms with E-state index in [9.17, 15) is 26.0 Å². The monoisotopic (exact) mass is 692 g/mol. The third-order valence-corrected chi connectivity index (χ3v) is 14.7. The summed E-state index contributed by atoms with van der Waals surface area (Å²) in [6, 6.07) is 0.274. The summed E-state index contributed by atoms with van der Waals surface area (Å²) in [7, 11) is -2.72. The molecular weight excluding hydrogens is 643 g/mol.